The van der Waals surface area contributed by atoms with E-state index < -0.39 is 17.2 Å². The fourth-order valence-corrected chi connectivity index (χ4v) is 2.45. The predicted molar refractivity (Wildman–Crippen MR) is 74.1 cm³/mol. The van der Waals surface area contributed by atoms with Crippen molar-refractivity contribution in [2.75, 3.05) is 0 Å². The molecule has 1 aromatic heterocycles. The Labute approximate surface area is 118 Å². The van der Waals surface area contributed by atoms with Gasteiger partial charge >= 0.3 is 6.03 Å². The molecule has 0 aliphatic carbocycles. The van der Waals surface area contributed by atoms with Crippen LogP contribution >= 0.6 is 23.4 Å². The number of nitrogens with zero attached hydrogens (tertiary/aromatic N) is 1. The zero-order valence-electron chi connectivity index (χ0n) is 9.94. The van der Waals surface area contributed by atoms with E-state index in [2.05, 4.69) is 9.97 Å². The van der Waals surface area contributed by atoms with Gasteiger partial charge in [0, 0.05) is 5.02 Å². The van der Waals surface area contributed by atoms with Crippen LogP contribution in [0.25, 0.3) is 11.0 Å². The Morgan fingerprint density at radius 3 is 2.95 bits per heavy atom. The van der Waals surface area contributed by atoms with Crippen molar-refractivity contribution in [2.45, 2.75) is 17.3 Å². The van der Waals surface area contributed by atoms with Gasteiger partial charge in [-0.2, -0.15) is 0 Å². The van der Waals surface area contributed by atoms with Crippen LogP contribution in [0.3, 0.4) is 0 Å². The second-order valence-corrected chi connectivity index (χ2v) is 5.58. The van der Waals surface area contributed by atoms with Crippen LogP contribution in [0, 0.1) is 0 Å². The number of amides is 3. The topological polar surface area (TPSA) is 101 Å². The fraction of sp³-hybridized carbons (Fsp3) is 0.182. The second-order valence-electron chi connectivity index (χ2n) is 3.82. The second kappa shape index (κ2) is 5.50. The van der Waals surface area contributed by atoms with Crippen LogP contribution in [0.2, 0.25) is 5.02 Å². The molecule has 0 bridgehead atoms. The van der Waals surface area contributed by atoms with Crippen molar-refractivity contribution < 1.29 is 9.59 Å². The van der Waals surface area contributed by atoms with E-state index in [-0.39, 0.29) is 0 Å². The molecule has 0 radical (unpaired) electrons. The number of nitrogens with two attached hydrogens (primary N) is 1. The van der Waals surface area contributed by atoms with Gasteiger partial charge in [-0.1, -0.05) is 23.4 Å². The SMILES string of the molecule is C[C@H](Sc1nc2ccc(Cl)cc2[nH]1)C(=O)NC(N)=O. The van der Waals surface area contributed by atoms with Crippen LogP contribution in [0.15, 0.2) is 23.4 Å². The summed E-state index contributed by atoms with van der Waals surface area (Å²) in [5.41, 5.74) is 6.43. The third-order valence-electron chi connectivity index (χ3n) is 2.33. The Bertz CT molecular complexity index is 643. The maximum atomic E-state index is 11.5. The van der Waals surface area contributed by atoms with Gasteiger partial charge in [-0.15, -0.1) is 0 Å². The maximum absolute atomic E-state index is 11.5. The van der Waals surface area contributed by atoms with Crippen molar-refractivity contribution >= 4 is 46.3 Å². The average Bonchev–Trinajstić information content (AvgIpc) is 2.69. The zero-order valence-corrected chi connectivity index (χ0v) is 11.5. The van der Waals surface area contributed by atoms with Gasteiger partial charge in [-0.3, -0.25) is 10.1 Å². The summed E-state index contributed by atoms with van der Waals surface area (Å²) in [6, 6.07) is 4.41. The Morgan fingerprint density at radius 1 is 1.53 bits per heavy atom. The smallest absolute Gasteiger partial charge is 0.318 e. The molecule has 0 saturated heterocycles. The zero-order chi connectivity index (χ0) is 14.0. The van der Waals surface area contributed by atoms with Crippen LogP contribution in [-0.2, 0) is 4.79 Å². The molecule has 0 aliphatic heterocycles. The molecule has 3 amide bonds. The predicted octanol–water partition coefficient (Wildman–Crippen LogP) is 1.89. The minimum absolute atomic E-state index is 0.462. The third kappa shape index (κ3) is 3.39. The highest BCUT2D eigenvalue weighted by Gasteiger charge is 2.17. The number of carbonyl (C=O) groups excluding carboxylic acids is 2. The van der Waals surface area contributed by atoms with E-state index >= 15 is 0 Å². The number of urea groups is 1. The first-order valence-electron chi connectivity index (χ1n) is 5.38. The number of aromatic nitrogens is 2. The van der Waals surface area contributed by atoms with Gasteiger partial charge in [0.2, 0.25) is 5.91 Å². The number of nitrogens with one attached hydrogen (secondary N) is 2. The van der Waals surface area contributed by atoms with E-state index in [9.17, 15) is 9.59 Å². The molecule has 6 nitrogen and oxygen atoms in total. The number of rotatable bonds is 3. The van der Waals surface area contributed by atoms with Gasteiger partial charge in [0.1, 0.15) is 0 Å². The Balaban J connectivity index is 2.12. The lowest BCUT2D eigenvalue weighted by molar-refractivity contribution is -0.119. The van der Waals surface area contributed by atoms with Gasteiger partial charge < -0.3 is 10.7 Å². The number of fused-ring (bicyclic) bond motifs is 1. The summed E-state index contributed by atoms with van der Waals surface area (Å²) in [7, 11) is 0. The Kier molecular flexibility index (Phi) is 3.96. The molecule has 1 atom stereocenters. The number of carbonyl (C=O) groups is 2. The van der Waals surface area contributed by atoms with E-state index in [1.165, 1.54) is 11.8 Å². The number of hydrogen-bond donors (Lipinski definition) is 3. The largest absolute Gasteiger partial charge is 0.351 e. The van der Waals surface area contributed by atoms with Gasteiger partial charge in [-0.05, 0) is 25.1 Å². The van der Waals surface area contributed by atoms with E-state index in [0.29, 0.717) is 10.2 Å². The summed E-state index contributed by atoms with van der Waals surface area (Å²) in [6.45, 7) is 1.66. The molecule has 1 heterocycles. The average molecular weight is 299 g/mol. The number of aromatic amines is 1. The molecule has 0 unspecified atom stereocenters. The minimum atomic E-state index is -0.867. The van der Waals surface area contributed by atoms with Crippen molar-refractivity contribution in [2.24, 2.45) is 5.73 Å². The molecule has 0 saturated carbocycles. The molecular weight excluding hydrogens is 288 g/mol. The summed E-state index contributed by atoms with van der Waals surface area (Å²) in [4.78, 5) is 29.5. The first-order chi connectivity index (χ1) is 8.95. The standard InChI is InChI=1S/C11H11ClN4O2S/c1-5(9(17)16-10(13)18)19-11-14-7-3-2-6(12)4-8(7)15-11/h2-5H,1H3,(H,14,15)(H3,13,16,17,18)/t5-/m0/s1. The van der Waals surface area contributed by atoms with Crippen LogP contribution in [0.1, 0.15) is 6.92 Å². The van der Waals surface area contributed by atoms with E-state index in [1.54, 1.807) is 25.1 Å². The lowest BCUT2D eigenvalue weighted by atomic mass is 10.3. The molecule has 2 aromatic rings. The minimum Gasteiger partial charge on any atom is -0.351 e. The van der Waals surface area contributed by atoms with E-state index in [0.717, 1.165) is 11.0 Å². The number of primary amides is 1. The van der Waals surface area contributed by atoms with Crippen LogP contribution in [0.4, 0.5) is 4.79 Å². The van der Waals surface area contributed by atoms with Crippen LogP contribution in [-0.4, -0.2) is 27.2 Å². The summed E-state index contributed by atoms with van der Waals surface area (Å²) >= 11 is 7.07. The highest BCUT2D eigenvalue weighted by Crippen LogP contribution is 2.25. The van der Waals surface area contributed by atoms with Crippen molar-refractivity contribution in [1.29, 1.82) is 0 Å². The number of hydrogen-bond acceptors (Lipinski definition) is 4. The van der Waals surface area contributed by atoms with E-state index in [1.807, 2.05) is 5.32 Å². The number of halogens is 1. The summed E-state index contributed by atoms with van der Waals surface area (Å²) in [6.07, 6.45) is 0. The quantitative estimate of drug-likeness (QED) is 0.753. The van der Waals surface area contributed by atoms with Gasteiger partial charge in [0.15, 0.2) is 5.16 Å². The number of benzene rings is 1. The first kappa shape index (κ1) is 13.7. The first-order valence-corrected chi connectivity index (χ1v) is 6.63. The summed E-state index contributed by atoms with van der Waals surface area (Å²) in [5.74, 6) is -0.462. The normalized spacial score (nSPS) is 12.3. The molecule has 0 aliphatic rings. The monoisotopic (exact) mass is 298 g/mol. The number of imidazole rings is 1. The van der Waals surface area contributed by atoms with Crippen molar-refractivity contribution in [3.63, 3.8) is 0 Å². The van der Waals surface area contributed by atoms with Gasteiger partial charge in [-0.25, -0.2) is 9.78 Å². The Morgan fingerprint density at radius 2 is 2.26 bits per heavy atom. The molecule has 4 N–H and O–H groups in total. The van der Waals surface area contributed by atoms with Crippen LogP contribution < -0.4 is 11.1 Å². The molecule has 1 aromatic carbocycles. The highest BCUT2D eigenvalue weighted by molar-refractivity contribution is 8.00. The van der Waals surface area contributed by atoms with Crippen molar-refractivity contribution in [1.82, 2.24) is 15.3 Å². The third-order valence-corrected chi connectivity index (χ3v) is 3.55. The molecule has 8 heteroatoms. The summed E-state index contributed by atoms with van der Waals surface area (Å²) < 4.78 is 0. The lowest BCUT2D eigenvalue weighted by Crippen LogP contribution is -2.39. The number of imide groups is 1. The molecular formula is C11H11ClN4O2S. The van der Waals surface area contributed by atoms with Gasteiger partial charge in [0.25, 0.3) is 0 Å². The maximum Gasteiger partial charge on any atom is 0.318 e. The lowest BCUT2D eigenvalue weighted by Gasteiger charge is -2.07. The molecule has 19 heavy (non-hydrogen) atoms. The molecule has 100 valence electrons. The molecule has 0 fully saturated rings. The molecule has 2 rings (SSSR count). The van der Waals surface area contributed by atoms with Crippen LogP contribution in [0.5, 0.6) is 0 Å². The van der Waals surface area contributed by atoms with Crippen molar-refractivity contribution in [3.05, 3.63) is 23.2 Å². The van der Waals surface area contributed by atoms with E-state index in [4.69, 9.17) is 17.3 Å². The highest BCUT2D eigenvalue weighted by atomic mass is 35.5. The summed E-state index contributed by atoms with van der Waals surface area (Å²) in [5, 5.41) is 2.70. The number of thioether (sulfide) groups is 1. The molecule has 0 spiro atoms. The Hall–Kier alpha value is -1.73. The fourth-order valence-electron chi connectivity index (χ4n) is 1.46. The number of H-pyrrole nitrogens is 1. The van der Waals surface area contributed by atoms with Crippen molar-refractivity contribution in [3.8, 4) is 0 Å². The van der Waals surface area contributed by atoms with Gasteiger partial charge in [0.05, 0.1) is 16.3 Å².